The summed E-state index contributed by atoms with van der Waals surface area (Å²) in [6, 6.07) is 5.13. The lowest BCUT2D eigenvalue weighted by Gasteiger charge is -1.95. The van der Waals surface area contributed by atoms with Crippen LogP contribution < -0.4 is 10.4 Å². The molecule has 2 rings (SSSR count). The van der Waals surface area contributed by atoms with Gasteiger partial charge in [-0.25, -0.2) is 9.95 Å². The van der Waals surface area contributed by atoms with Gasteiger partial charge >= 0.3 is 5.63 Å². The second kappa shape index (κ2) is 2.41. The first-order valence-corrected chi connectivity index (χ1v) is 3.46. The largest absolute Gasteiger partial charge is 0.497 e. The van der Waals surface area contributed by atoms with Gasteiger partial charge < -0.3 is 9.26 Å². The van der Waals surface area contributed by atoms with Crippen molar-refractivity contribution in [2.24, 2.45) is 0 Å². The van der Waals surface area contributed by atoms with Gasteiger partial charge in [-0.15, -0.1) is 0 Å². The first-order valence-electron chi connectivity index (χ1n) is 3.46. The third-order valence-corrected chi connectivity index (χ3v) is 1.70. The molecule has 2 aromatic rings. The fourth-order valence-electron chi connectivity index (χ4n) is 1.06. The predicted octanol–water partition coefficient (Wildman–Crippen LogP) is 1.13. The van der Waals surface area contributed by atoms with E-state index in [1.54, 1.807) is 25.3 Å². The highest BCUT2D eigenvalue weighted by molar-refractivity contribution is 5.78. The van der Waals surface area contributed by atoms with Crippen molar-refractivity contribution in [3.8, 4) is 5.75 Å². The Morgan fingerprint density at radius 2 is 2.33 bits per heavy atom. The molecule has 0 aliphatic rings. The highest BCUT2D eigenvalue weighted by Crippen LogP contribution is 2.15. The smallest absolute Gasteiger partial charge is 0.365 e. The normalized spacial score (nSPS) is 10.4. The number of rotatable bonds is 1. The first-order chi connectivity index (χ1) is 5.81. The van der Waals surface area contributed by atoms with Gasteiger partial charge in [-0.1, -0.05) is 0 Å². The molecule has 0 saturated carbocycles. The number of ether oxygens (including phenoxy) is 1. The molecule has 1 aromatic heterocycles. The molecule has 1 aromatic carbocycles. The Hall–Kier alpha value is -1.71. The molecule has 1 heterocycles. The van der Waals surface area contributed by atoms with E-state index in [-0.39, 0.29) is 5.63 Å². The van der Waals surface area contributed by atoms with Gasteiger partial charge in [0.1, 0.15) is 5.75 Å². The van der Waals surface area contributed by atoms with E-state index in [1.807, 2.05) is 0 Å². The minimum Gasteiger partial charge on any atom is -0.497 e. The number of fused-ring (bicyclic) bond motifs is 1. The predicted molar refractivity (Wildman–Crippen MR) is 43.4 cm³/mol. The summed E-state index contributed by atoms with van der Waals surface area (Å²) in [6.45, 7) is 0. The number of hydrogen-bond acceptors (Lipinski definition) is 3. The molecule has 12 heavy (non-hydrogen) atoms. The van der Waals surface area contributed by atoms with Crippen molar-refractivity contribution in [1.82, 2.24) is 5.16 Å². The molecule has 0 spiro atoms. The van der Waals surface area contributed by atoms with Gasteiger partial charge in [-0.2, -0.15) is 0 Å². The molecule has 0 atom stereocenters. The quantitative estimate of drug-likeness (QED) is 0.689. The van der Waals surface area contributed by atoms with E-state index in [9.17, 15) is 4.79 Å². The zero-order valence-electron chi connectivity index (χ0n) is 6.46. The monoisotopic (exact) mass is 165 g/mol. The topological polar surface area (TPSA) is 55.2 Å². The number of benzene rings is 1. The Morgan fingerprint density at radius 1 is 1.50 bits per heavy atom. The van der Waals surface area contributed by atoms with E-state index in [4.69, 9.17) is 4.74 Å². The Morgan fingerprint density at radius 3 is 3.08 bits per heavy atom. The lowest BCUT2D eigenvalue weighted by Crippen LogP contribution is -1.91. The molecule has 0 amide bonds. The molecule has 0 bridgehead atoms. The zero-order chi connectivity index (χ0) is 8.55. The number of nitrogens with one attached hydrogen (secondary N) is 1. The summed E-state index contributed by atoms with van der Waals surface area (Å²) in [6.07, 6.45) is 0. The van der Waals surface area contributed by atoms with Crippen LogP contribution in [0.2, 0.25) is 0 Å². The van der Waals surface area contributed by atoms with Gasteiger partial charge in [0.25, 0.3) is 0 Å². The summed E-state index contributed by atoms with van der Waals surface area (Å²) in [7, 11) is 1.55. The van der Waals surface area contributed by atoms with Crippen molar-refractivity contribution in [3.05, 3.63) is 28.6 Å². The number of methoxy groups -OCH3 is 1. The maximum Gasteiger partial charge on any atom is 0.365 e. The number of aromatic nitrogens is 1. The Bertz CT molecular complexity index is 455. The van der Waals surface area contributed by atoms with Crippen LogP contribution in [0.4, 0.5) is 0 Å². The van der Waals surface area contributed by atoms with E-state index in [2.05, 4.69) is 9.68 Å². The standard InChI is InChI=1S/C8H7NO3/c1-11-5-2-3-7-6(4-5)8(10)12-9-7/h2-4,9H,1H3. The second-order valence-corrected chi connectivity index (χ2v) is 2.40. The summed E-state index contributed by atoms with van der Waals surface area (Å²) >= 11 is 0. The van der Waals surface area contributed by atoms with Gasteiger partial charge in [0.15, 0.2) is 0 Å². The van der Waals surface area contributed by atoms with Crippen LogP contribution in [0, 0.1) is 0 Å². The van der Waals surface area contributed by atoms with E-state index < -0.39 is 0 Å². The summed E-state index contributed by atoms with van der Waals surface area (Å²) in [5.41, 5.74) is 0.310. The summed E-state index contributed by atoms with van der Waals surface area (Å²) in [5.74, 6) is 0.648. The third-order valence-electron chi connectivity index (χ3n) is 1.70. The van der Waals surface area contributed by atoms with Crippen LogP contribution in [0.1, 0.15) is 0 Å². The zero-order valence-corrected chi connectivity index (χ0v) is 6.46. The molecule has 0 aliphatic heterocycles. The van der Waals surface area contributed by atoms with Crippen molar-refractivity contribution < 1.29 is 9.26 Å². The maximum atomic E-state index is 11.0. The molecule has 4 heteroatoms. The highest BCUT2D eigenvalue weighted by Gasteiger charge is 2.02. The van der Waals surface area contributed by atoms with Crippen LogP contribution in [0.3, 0.4) is 0 Å². The fraction of sp³-hybridized carbons (Fsp3) is 0.125. The van der Waals surface area contributed by atoms with Gasteiger partial charge in [-0.3, -0.25) is 0 Å². The second-order valence-electron chi connectivity index (χ2n) is 2.40. The van der Waals surface area contributed by atoms with Crippen LogP contribution in [0.5, 0.6) is 5.75 Å². The molecular formula is C8H7NO3. The minimum atomic E-state index is -0.371. The number of aromatic amines is 1. The van der Waals surface area contributed by atoms with E-state index in [0.717, 1.165) is 0 Å². The van der Waals surface area contributed by atoms with Crippen molar-refractivity contribution in [3.63, 3.8) is 0 Å². The van der Waals surface area contributed by atoms with E-state index >= 15 is 0 Å². The molecule has 0 unspecified atom stereocenters. The third kappa shape index (κ3) is 0.887. The fourth-order valence-corrected chi connectivity index (χ4v) is 1.06. The molecule has 1 N–H and O–H groups in total. The Kier molecular flexibility index (Phi) is 1.40. The van der Waals surface area contributed by atoms with Crippen LogP contribution in [0.25, 0.3) is 10.9 Å². The number of H-pyrrole nitrogens is 1. The first kappa shape index (κ1) is 6.97. The minimum absolute atomic E-state index is 0.371. The van der Waals surface area contributed by atoms with Gasteiger partial charge in [0.05, 0.1) is 18.0 Å². The Balaban J connectivity index is 2.80. The van der Waals surface area contributed by atoms with E-state index in [1.165, 1.54) is 0 Å². The molecular weight excluding hydrogens is 158 g/mol. The van der Waals surface area contributed by atoms with Crippen LogP contribution >= 0.6 is 0 Å². The van der Waals surface area contributed by atoms with Crippen LogP contribution in [0.15, 0.2) is 27.5 Å². The highest BCUT2D eigenvalue weighted by atomic mass is 16.5. The summed E-state index contributed by atoms with van der Waals surface area (Å²) < 4.78 is 9.53. The lowest BCUT2D eigenvalue weighted by atomic mass is 10.2. The van der Waals surface area contributed by atoms with Crippen LogP contribution in [-0.2, 0) is 0 Å². The SMILES string of the molecule is COc1ccc2[nH]oc(=O)c2c1. The van der Waals surface area contributed by atoms with Gasteiger partial charge in [0.2, 0.25) is 0 Å². The van der Waals surface area contributed by atoms with Gasteiger partial charge in [0, 0.05) is 0 Å². The van der Waals surface area contributed by atoms with E-state index in [0.29, 0.717) is 16.7 Å². The van der Waals surface area contributed by atoms with Crippen LogP contribution in [-0.4, -0.2) is 12.3 Å². The Labute approximate surface area is 67.7 Å². The summed E-state index contributed by atoms with van der Waals surface area (Å²) in [5, 5.41) is 3.00. The lowest BCUT2D eigenvalue weighted by molar-refractivity contribution is 0.399. The molecule has 0 aliphatic carbocycles. The number of hydrogen-bond donors (Lipinski definition) is 1. The maximum absolute atomic E-state index is 11.0. The van der Waals surface area contributed by atoms with Crippen molar-refractivity contribution in [2.45, 2.75) is 0 Å². The van der Waals surface area contributed by atoms with Gasteiger partial charge in [-0.05, 0) is 18.2 Å². The average Bonchev–Trinajstić information content (AvgIpc) is 2.47. The molecule has 0 saturated heterocycles. The summed E-state index contributed by atoms with van der Waals surface area (Å²) in [4.78, 5) is 11.0. The van der Waals surface area contributed by atoms with Crippen molar-refractivity contribution in [2.75, 3.05) is 7.11 Å². The average molecular weight is 165 g/mol. The molecule has 0 fully saturated rings. The molecule has 4 nitrogen and oxygen atoms in total. The molecule has 0 radical (unpaired) electrons. The van der Waals surface area contributed by atoms with Crippen molar-refractivity contribution >= 4 is 10.9 Å². The molecule has 62 valence electrons. The van der Waals surface area contributed by atoms with Crippen molar-refractivity contribution in [1.29, 1.82) is 0 Å².